The van der Waals surface area contributed by atoms with Gasteiger partial charge in [-0.15, -0.1) is 0 Å². The molecule has 0 saturated heterocycles. The van der Waals surface area contributed by atoms with Crippen molar-refractivity contribution in [1.82, 2.24) is 10.3 Å². The molecule has 1 fully saturated rings. The lowest BCUT2D eigenvalue weighted by Gasteiger charge is -2.05. The predicted molar refractivity (Wildman–Crippen MR) is 58.3 cm³/mol. The molecule has 0 bridgehead atoms. The van der Waals surface area contributed by atoms with E-state index in [1.54, 1.807) is 12.3 Å². The maximum absolute atomic E-state index is 11.7. The van der Waals surface area contributed by atoms with Crippen molar-refractivity contribution in [3.05, 3.63) is 24.0 Å². The summed E-state index contributed by atoms with van der Waals surface area (Å²) >= 11 is 0. The first kappa shape index (κ1) is 9.96. The average molecular weight is 205 g/mol. The van der Waals surface area contributed by atoms with Crippen molar-refractivity contribution in [3.63, 3.8) is 0 Å². The smallest absolute Gasteiger partial charge is 0.254 e. The Bertz CT molecular complexity index is 378. The second kappa shape index (κ2) is 3.88. The zero-order valence-corrected chi connectivity index (χ0v) is 8.73. The number of nitrogen functional groups attached to an aromatic ring is 1. The Balaban J connectivity index is 1.93. The van der Waals surface area contributed by atoms with Gasteiger partial charge in [0, 0.05) is 24.6 Å². The SMILES string of the molecule is CC1CC1CNC(=O)c1cnccc1N. The van der Waals surface area contributed by atoms with Crippen molar-refractivity contribution in [2.45, 2.75) is 13.3 Å². The van der Waals surface area contributed by atoms with Crippen LogP contribution in [0, 0.1) is 11.8 Å². The van der Waals surface area contributed by atoms with Crippen LogP contribution in [0.4, 0.5) is 5.69 Å². The maximum atomic E-state index is 11.7. The van der Waals surface area contributed by atoms with E-state index in [-0.39, 0.29) is 5.91 Å². The number of hydrogen-bond donors (Lipinski definition) is 2. The Kier molecular flexibility index (Phi) is 2.58. The summed E-state index contributed by atoms with van der Waals surface area (Å²) < 4.78 is 0. The van der Waals surface area contributed by atoms with E-state index in [2.05, 4.69) is 17.2 Å². The lowest BCUT2D eigenvalue weighted by atomic mass is 10.2. The number of anilines is 1. The van der Waals surface area contributed by atoms with Crippen LogP contribution < -0.4 is 11.1 Å². The fraction of sp³-hybridized carbons (Fsp3) is 0.455. The summed E-state index contributed by atoms with van der Waals surface area (Å²) in [4.78, 5) is 15.6. The van der Waals surface area contributed by atoms with E-state index in [0.717, 1.165) is 12.5 Å². The van der Waals surface area contributed by atoms with Gasteiger partial charge >= 0.3 is 0 Å². The molecule has 1 aromatic heterocycles. The zero-order valence-electron chi connectivity index (χ0n) is 8.73. The Morgan fingerprint density at radius 1 is 1.73 bits per heavy atom. The number of nitrogens with zero attached hydrogens (tertiary/aromatic N) is 1. The van der Waals surface area contributed by atoms with Crippen LogP contribution in [-0.2, 0) is 0 Å². The van der Waals surface area contributed by atoms with Gasteiger partial charge in [0.15, 0.2) is 0 Å². The Morgan fingerprint density at radius 3 is 3.07 bits per heavy atom. The van der Waals surface area contributed by atoms with Gasteiger partial charge in [-0.2, -0.15) is 0 Å². The molecule has 1 heterocycles. The van der Waals surface area contributed by atoms with Crippen molar-refractivity contribution >= 4 is 11.6 Å². The standard InChI is InChI=1S/C11H15N3O/c1-7-4-8(7)5-14-11(15)9-6-13-3-2-10(9)12/h2-3,6-8H,4-5H2,1H3,(H2,12,13)(H,14,15). The third kappa shape index (κ3) is 2.26. The van der Waals surface area contributed by atoms with Crippen LogP contribution in [0.15, 0.2) is 18.5 Å². The van der Waals surface area contributed by atoms with E-state index in [0.29, 0.717) is 17.2 Å². The van der Waals surface area contributed by atoms with Gasteiger partial charge in [0.25, 0.3) is 5.91 Å². The van der Waals surface area contributed by atoms with E-state index in [9.17, 15) is 4.79 Å². The highest BCUT2D eigenvalue weighted by molar-refractivity contribution is 5.98. The number of nitrogens with one attached hydrogen (secondary N) is 1. The summed E-state index contributed by atoms with van der Waals surface area (Å²) in [5, 5.41) is 2.87. The summed E-state index contributed by atoms with van der Waals surface area (Å²) in [6, 6.07) is 1.63. The van der Waals surface area contributed by atoms with E-state index in [1.807, 2.05) is 0 Å². The number of rotatable bonds is 3. The third-order valence-electron chi connectivity index (χ3n) is 2.90. The normalized spacial score (nSPS) is 23.5. The van der Waals surface area contributed by atoms with Gasteiger partial charge in [-0.3, -0.25) is 9.78 Å². The van der Waals surface area contributed by atoms with E-state index in [4.69, 9.17) is 5.73 Å². The molecule has 3 N–H and O–H groups in total. The summed E-state index contributed by atoms with van der Waals surface area (Å²) in [6.45, 7) is 2.93. The monoisotopic (exact) mass is 205 g/mol. The van der Waals surface area contributed by atoms with Gasteiger partial charge in [-0.1, -0.05) is 6.92 Å². The van der Waals surface area contributed by atoms with Crippen LogP contribution in [0.25, 0.3) is 0 Å². The molecule has 2 unspecified atom stereocenters. The number of amides is 1. The molecule has 1 aromatic rings. The van der Waals surface area contributed by atoms with Crippen LogP contribution in [-0.4, -0.2) is 17.4 Å². The van der Waals surface area contributed by atoms with Crippen molar-refractivity contribution in [1.29, 1.82) is 0 Å². The van der Waals surface area contributed by atoms with Crippen molar-refractivity contribution in [2.75, 3.05) is 12.3 Å². The maximum Gasteiger partial charge on any atom is 0.254 e. The predicted octanol–water partition coefficient (Wildman–Crippen LogP) is 1.05. The molecule has 1 aliphatic carbocycles. The lowest BCUT2D eigenvalue weighted by Crippen LogP contribution is -2.26. The molecule has 2 rings (SSSR count). The number of aromatic nitrogens is 1. The molecule has 1 aliphatic rings. The highest BCUT2D eigenvalue weighted by Crippen LogP contribution is 2.36. The van der Waals surface area contributed by atoms with Gasteiger partial charge in [-0.05, 0) is 24.3 Å². The quantitative estimate of drug-likeness (QED) is 0.775. The summed E-state index contributed by atoms with van der Waals surface area (Å²) in [6.07, 6.45) is 4.29. The number of pyridine rings is 1. The average Bonchev–Trinajstić information content (AvgIpc) is 2.92. The van der Waals surface area contributed by atoms with Gasteiger partial charge in [0.05, 0.1) is 5.56 Å². The summed E-state index contributed by atoms with van der Waals surface area (Å²) in [7, 11) is 0. The Morgan fingerprint density at radius 2 is 2.47 bits per heavy atom. The third-order valence-corrected chi connectivity index (χ3v) is 2.90. The molecule has 4 heteroatoms. The fourth-order valence-electron chi connectivity index (χ4n) is 1.60. The van der Waals surface area contributed by atoms with Gasteiger partial charge < -0.3 is 11.1 Å². The van der Waals surface area contributed by atoms with Crippen LogP contribution in [0.5, 0.6) is 0 Å². The van der Waals surface area contributed by atoms with Gasteiger partial charge in [-0.25, -0.2) is 0 Å². The van der Waals surface area contributed by atoms with Crippen LogP contribution in [0.2, 0.25) is 0 Å². The topological polar surface area (TPSA) is 68.0 Å². The van der Waals surface area contributed by atoms with Crippen molar-refractivity contribution in [2.24, 2.45) is 11.8 Å². The van der Waals surface area contributed by atoms with Crippen LogP contribution in [0.3, 0.4) is 0 Å². The molecule has 1 saturated carbocycles. The molecule has 80 valence electrons. The minimum absolute atomic E-state index is 0.125. The molecule has 0 aromatic carbocycles. The van der Waals surface area contributed by atoms with Crippen molar-refractivity contribution < 1.29 is 4.79 Å². The highest BCUT2D eigenvalue weighted by atomic mass is 16.1. The number of hydrogen-bond acceptors (Lipinski definition) is 3. The first-order valence-corrected chi connectivity index (χ1v) is 5.16. The molecule has 0 spiro atoms. The molecule has 1 amide bonds. The second-order valence-electron chi connectivity index (χ2n) is 4.15. The first-order chi connectivity index (χ1) is 7.18. The number of nitrogens with two attached hydrogens (primary N) is 1. The molecule has 4 nitrogen and oxygen atoms in total. The van der Waals surface area contributed by atoms with Gasteiger partial charge in [0.2, 0.25) is 0 Å². The molecule has 2 atom stereocenters. The molecule has 0 aliphatic heterocycles. The van der Waals surface area contributed by atoms with E-state index in [1.165, 1.54) is 12.6 Å². The van der Waals surface area contributed by atoms with Crippen molar-refractivity contribution in [3.8, 4) is 0 Å². The number of carbonyl (C=O) groups is 1. The van der Waals surface area contributed by atoms with E-state index < -0.39 is 0 Å². The lowest BCUT2D eigenvalue weighted by molar-refractivity contribution is 0.0952. The minimum Gasteiger partial charge on any atom is -0.398 e. The van der Waals surface area contributed by atoms with E-state index >= 15 is 0 Å². The largest absolute Gasteiger partial charge is 0.398 e. The molecule has 0 radical (unpaired) electrons. The molecule has 15 heavy (non-hydrogen) atoms. The first-order valence-electron chi connectivity index (χ1n) is 5.16. The second-order valence-corrected chi connectivity index (χ2v) is 4.15. The number of carbonyl (C=O) groups excluding carboxylic acids is 1. The highest BCUT2D eigenvalue weighted by Gasteiger charge is 2.32. The fourth-order valence-corrected chi connectivity index (χ4v) is 1.60. The minimum atomic E-state index is -0.125. The summed E-state index contributed by atoms with van der Waals surface area (Å²) in [5.41, 5.74) is 6.61. The Hall–Kier alpha value is -1.58. The molecular weight excluding hydrogens is 190 g/mol. The summed E-state index contributed by atoms with van der Waals surface area (Å²) in [5.74, 6) is 1.27. The van der Waals surface area contributed by atoms with Gasteiger partial charge in [0.1, 0.15) is 0 Å². The van der Waals surface area contributed by atoms with Crippen LogP contribution in [0.1, 0.15) is 23.7 Å². The Labute approximate surface area is 88.9 Å². The molecular formula is C11H15N3O. The zero-order chi connectivity index (χ0) is 10.8. The van der Waals surface area contributed by atoms with Crippen LogP contribution >= 0.6 is 0 Å².